The van der Waals surface area contributed by atoms with Gasteiger partial charge in [0.2, 0.25) is 5.91 Å². The second-order valence-electron chi connectivity index (χ2n) is 6.48. The van der Waals surface area contributed by atoms with Crippen LogP contribution in [-0.2, 0) is 4.79 Å². The van der Waals surface area contributed by atoms with E-state index in [0.717, 1.165) is 42.3 Å². The van der Waals surface area contributed by atoms with Crippen LogP contribution in [0.25, 0.3) is 11.5 Å². The van der Waals surface area contributed by atoms with E-state index in [4.69, 9.17) is 0 Å². The summed E-state index contributed by atoms with van der Waals surface area (Å²) in [6.07, 6.45) is 7.22. The first kappa shape index (κ1) is 15.6. The van der Waals surface area contributed by atoms with E-state index in [1.165, 1.54) is 0 Å². The maximum absolute atomic E-state index is 12.3. The second-order valence-corrected chi connectivity index (χ2v) is 6.48. The van der Waals surface area contributed by atoms with Crippen molar-refractivity contribution in [3.63, 3.8) is 0 Å². The lowest BCUT2D eigenvalue weighted by Crippen LogP contribution is -2.41. The minimum absolute atomic E-state index is 0.0304. The van der Waals surface area contributed by atoms with Crippen LogP contribution in [0.2, 0.25) is 0 Å². The molecule has 0 unspecified atom stereocenters. The van der Waals surface area contributed by atoms with Gasteiger partial charge >= 0.3 is 0 Å². The van der Waals surface area contributed by atoms with Gasteiger partial charge < -0.3 is 9.88 Å². The van der Waals surface area contributed by atoms with E-state index < -0.39 is 0 Å². The first-order valence-electron chi connectivity index (χ1n) is 8.18. The Hall–Kier alpha value is -2.24. The van der Waals surface area contributed by atoms with Gasteiger partial charge in [-0.2, -0.15) is 0 Å². The number of likely N-dealkylation sites (tertiary alicyclic amines) is 1. The van der Waals surface area contributed by atoms with Crippen molar-refractivity contribution in [3.05, 3.63) is 30.0 Å². The van der Waals surface area contributed by atoms with Crippen molar-refractivity contribution in [3.8, 4) is 11.5 Å². The van der Waals surface area contributed by atoms with Gasteiger partial charge in [-0.15, -0.1) is 0 Å². The molecule has 0 saturated carbocycles. The molecule has 0 spiro atoms. The summed E-state index contributed by atoms with van der Waals surface area (Å²) >= 11 is 0. The fourth-order valence-electron chi connectivity index (χ4n) is 3.13. The number of rotatable bonds is 3. The zero-order valence-electron chi connectivity index (χ0n) is 13.9. The van der Waals surface area contributed by atoms with Crippen LogP contribution >= 0.6 is 0 Å². The molecule has 23 heavy (non-hydrogen) atoms. The second kappa shape index (κ2) is 6.48. The smallest absolute Gasteiger partial charge is 0.225 e. The van der Waals surface area contributed by atoms with Crippen LogP contribution in [0, 0.1) is 12.8 Å². The van der Waals surface area contributed by atoms with Crippen LogP contribution in [0.5, 0.6) is 0 Å². The topological polar surface area (TPSA) is 74.8 Å². The lowest BCUT2D eigenvalue weighted by atomic mass is 9.92. The lowest BCUT2D eigenvalue weighted by Gasteiger charge is -2.34. The normalized spacial score (nSPS) is 18.4. The summed E-state index contributed by atoms with van der Waals surface area (Å²) < 4.78 is 0. The van der Waals surface area contributed by atoms with E-state index in [1.807, 2.05) is 25.7 Å². The van der Waals surface area contributed by atoms with Crippen molar-refractivity contribution >= 4 is 5.91 Å². The number of carbonyl (C=O) groups is 1. The molecule has 1 aliphatic heterocycles. The first-order chi connectivity index (χ1) is 11.1. The van der Waals surface area contributed by atoms with Gasteiger partial charge in [-0.3, -0.25) is 9.78 Å². The number of hydrogen-bond acceptors (Lipinski definition) is 4. The number of H-pyrrole nitrogens is 1. The minimum atomic E-state index is 0.0304. The Morgan fingerprint density at radius 1 is 1.30 bits per heavy atom. The molecule has 0 radical (unpaired) electrons. The first-order valence-corrected chi connectivity index (χ1v) is 8.18. The number of amides is 1. The summed E-state index contributed by atoms with van der Waals surface area (Å²) in [7, 11) is 0. The van der Waals surface area contributed by atoms with E-state index in [2.05, 4.69) is 19.9 Å². The molecule has 0 aliphatic carbocycles. The molecule has 1 amide bonds. The van der Waals surface area contributed by atoms with Crippen molar-refractivity contribution in [2.24, 2.45) is 5.92 Å². The average Bonchev–Trinajstić information content (AvgIpc) is 3.00. The minimum Gasteiger partial charge on any atom is -0.342 e. The van der Waals surface area contributed by atoms with Crippen molar-refractivity contribution in [1.29, 1.82) is 0 Å². The molecular weight excluding hydrogens is 290 g/mol. The summed E-state index contributed by atoms with van der Waals surface area (Å²) in [6, 6.07) is 0. The highest BCUT2D eigenvalue weighted by Crippen LogP contribution is 2.31. The predicted octanol–water partition coefficient (Wildman–Crippen LogP) is 2.54. The van der Waals surface area contributed by atoms with Crippen LogP contribution in [-0.4, -0.2) is 43.8 Å². The van der Waals surface area contributed by atoms with Gasteiger partial charge in [-0.05, 0) is 19.8 Å². The van der Waals surface area contributed by atoms with Gasteiger partial charge in [0.25, 0.3) is 0 Å². The zero-order chi connectivity index (χ0) is 16.4. The summed E-state index contributed by atoms with van der Waals surface area (Å²) in [5, 5.41) is 0. The van der Waals surface area contributed by atoms with Crippen LogP contribution in [0.4, 0.5) is 0 Å². The van der Waals surface area contributed by atoms with Crippen LogP contribution in [0.15, 0.2) is 18.6 Å². The van der Waals surface area contributed by atoms with Crippen LogP contribution in [0.3, 0.4) is 0 Å². The van der Waals surface area contributed by atoms with Gasteiger partial charge in [-0.1, -0.05) is 13.8 Å². The number of hydrogen-bond donors (Lipinski definition) is 1. The summed E-state index contributed by atoms with van der Waals surface area (Å²) in [5.41, 5.74) is 2.73. The van der Waals surface area contributed by atoms with Crippen LogP contribution < -0.4 is 0 Å². The number of aromatic nitrogens is 4. The number of imidazole rings is 1. The van der Waals surface area contributed by atoms with E-state index >= 15 is 0 Å². The summed E-state index contributed by atoms with van der Waals surface area (Å²) in [5.74, 6) is 1.20. The third-order valence-electron chi connectivity index (χ3n) is 4.27. The van der Waals surface area contributed by atoms with Gasteiger partial charge in [0, 0.05) is 49.2 Å². The fourth-order valence-corrected chi connectivity index (χ4v) is 3.13. The van der Waals surface area contributed by atoms with Crippen molar-refractivity contribution < 1.29 is 4.79 Å². The van der Waals surface area contributed by atoms with Gasteiger partial charge in [0.05, 0.1) is 5.69 Å². The third-order valence-corrected chi connectivity index (χ3v) is 4.27. The number of nitrogens with one attached hydrogen (secondary N) is 1. The Morgan fingerprint density at radius 3 is 2.78 bits per heavy atom. The molecule has 1 fully saturated rings. The predicted molar refractivity (Wildman–Crippen MR) is 87.7 cm³/mol. The summed E-state index contributed by atoms with van der Waals surface area (Å²) in [6.45, 7) is 7.41. The molecule has 3 heterocycles. The van der Waals surface area contributed by atoms with Crippen molar-refractivity contribution in [1.82, 2.24) is 24.8 Å². The SMILES string of the molecule is Cc1cnc(-c2nccnc2[C@H]2CCCN(C(=O)C(C)C)C2)[nH]1. The molecule has 0 aromatic carbocycles. The number of piperidine rings is 1. The largest absolute Gasteiger partial charge is 0.342 e. The molecular formula is C17H23N5O. The molecule has 1 aliphatic rings. The highest BCUT2D eigenvalue weighted by Gasteiger charge is 2.29. The third kappa shape index (κ3) is 3.25. The number of nitrogens with zero attached hydrogens (tertiary/aromatic N) is 4. The monoisotopic (exact) mass is 313 g/mol. The highest BCUT2D eigenvalue weighted by molar-refractivity contribution is 5.78. The highest BCUT2D eigenvalue weighted by atomic mass is 16.2. The molecule has 6 heteroatoms. The molecule has 2 aromatic heterocycles. The van der Waals surface area contributed by atoms with Gasteiger partial charge in [-0.25, -0.2) is 9.97 Å². The van der Waals surface area contributed by atoms with E-state index in [1.54, 1.807) is 18.6 Å². The maximum Gasteiger partial charge on any atom is 0.225 e. The van der Waals surface area contributed by atoms with E-state index in [9.17, 15) is 4.79 Å². The molecule has 1 N–H and O–H groups in total. The standard InChI is InChI=1S/C17H23N5O/c1-11(2)17(23)22-8-4-5-13(10-22)14-15(19-7-6-18-14)16-20-9-12(3)21-16/h6-7,9,11,13H,4-5,8,10H2,1-3H3,(H,20,21)/t13-/m0/s1. The lowest BCUT2D eigenvalue weighted by molar-refractivity contribution is -0.135. The quantitative estimate of drug-likeness (QED) is 0.945. The Labute approximate surface area is 136 Å². The Kier molecular flexibility index (Phi) is 4.41. The zero-order valence-corrected chi connectivity index (χ0v) is 13.9. The number of aromatic amines is 1. The average molecular weight is 313 g/mol. The maximum atomic E-state index is 12.3. The van der Waals surface area contributed by atoms with Gasteiger partial charge in [0.1, 0.15) is 5.69 Å². The summed E-state index contributed by atoms with van der Waals surface area (Å²) in [4.78, 5) is 30.9. The van der Waals surface area contributed by atoms with E-state index in [-0.39, 0.29) is 17.7 Å². The Morgan fingerprint density at radius 2 is 2.09 bits per heavy atom. The molecule has 0 bridgehead atoms. The fraction of sp³-hybridized carbons (Fsp3) is 0.529. The number of aryl methyl sites for hydroxylation is 1. The molecule has 3 rings (SSSR count). The van der Waals surface area contributed by atoms with Crippen LogP contribution in [0.1, 0.15) is 44.0 Å². The molecule has 6 nitrogen and oxygen atoms in total. The van der Waals surface area contributed by atoms with Crippen molar-refractivity contribution in [2.75, 3.05) is 13.1 Å². The Bertz CT molecular complexity index is 694. The van der Waals surface area contributed by atoms with Gasteiger partial charge in [0.15, 0.2) is 5.82 Å². The molecule has 1 atom stereocenters. The number of carbonyl (C=O) groups excluding carboxylic acids is 1. The molecule has 122 valence electrons. The van der Waals surface area contributed by atoms with E-state index in [0.29, 0.717) is 6.54 Å². The van der Waals surface area contributed by atoms with Crippen molar-refractivity contribution in [2.45, 2.75) is 39.5 Å². The molecule has 1 saturated heterocycles. The molecule has 2 aromatic rings. The Balaban J connectivity index is 1.88.